The van der Waals surface area contributed by atoms with Crippen molar-refractivity contribution in [2.24, 2.45) is 5.73 Å². The molecular formula is C15H22ClNO2. The van der Waals surface area contributed by atoms with Crippen molar-refractivity contribution in [3.8, 4) is 11.5 Å². The van der Waals surface area contributed by atoms with E-state index in [1.165, 1.54) is 0 Å². The second-order valence-corrected chi connectivity index (χ2v) is 5.15. The van der Waals surface area contributed by atoms with Gasteiger partial charge >= 0.3 is 0 Å². The summed E-state index contributed by atoms with van der Waals surface area (Å²) in [5.74, 6) is 1.34. The van der Waals surface area contributed by atoms with Gasteiger partial charge in [0.2, 0.25) is 0 Å². The molecule has 1 unspecified atom stereocenters. The van der Waals surface area contributed by atoms with Crippen LogP contribution in [-0.2, 0) is 6.42 Å². The van der Waals surface area contributed by atoms with Crippen LogP contribution < -0.4 is 15.2 Å². The molecule has 0 fully saturated rings. The normalized spacial score (nSPS) is 12.1. The van der Waals surface area contributed by atoms with Crippen LogP contribution in [0.4, 0.5) is 0 Å². The van der Waals surface area contributed by atoms with Crippen LogP contribution in [0.5, 0.6) is 11.5 Å². The van der Waals surface area contributed by atoms with Crippen molar-refractivity contribution in [3.63, 3.8) is 0 Å². The van der Waals surface area contributed by atoms with Gasteiger partial charge in [-0.3, -0.25) is 0 Å². The highest BCUT2D eigenvalue weighted by molar-refractivity contribution is 6.30. The van der Waals surface area contributed by atoms with Crippen molar-refractivity contribution in [3.05, 3.63) is 34.9 Å². The van der Waals surface area contributed by atoms with Crippen LogP contribution in [0.25, 0.3) is 0 Å². The van der Waals surface area contributed by atoms with Gasteiger partial charge in [0.05, 0.1) is 7.11 Å². The molecule has 0 radical (unpaired) electrons. The van der Waals surface area contributed by atoms with Crippen LogP contribution in [0.3, 0.4) is 0 Å². The van der Waals surface area contributed by atoms with Crippen LogP contribution in [0.2, 0.25) is 5.02 Å². The molecule has 3 nitrogen and oxygen atoms in total. The Morgan fingerprint density at radius 1 is 1.47 bits per heavy atom. The Balaban J connectivity index is 3.09. The molecular weight excluding hydrogens is 262 g/mol. The minimum absolute atomic E-state index is 0.0790. The van der Waals surface area contributed by atoms with Crippen molar-refractivity contribution < 1.29 is 9.47 Å². The van der Waals surface area contributed by atoms with Crippen LogP contribution in [0.1, 0.15) is 25.8 Å². The summed E-state index contributed by atoms with van der Waals surface area (Å²) in [5.41, 5.74) is 7.93. The lowest BCUT2D eigenvalue weighted by Crippen LogP contribution is -2.22. The van der Waals surface area contributed by atoms with E-state index in [2.05, 4.69) is 13.5 Å². The summed E-state index contributed by atoms with van der Waals surface area (Å²) in [6.07, 6.45) is 1.60. The van der Waals surface area contributed by atoms with E-state index in [1.54, 1.807) is 13.2 Å². The molecule has 0 aliphatic rings. The highest BCUT2D eigenvalue weighted by Gasteiger charge is 2.15. The largest absolute Gasteiger partial charge is 0.493 e. The topological polar surface area (TPSA) is 44.5 Å². The molecule has 0 spiro atoms. The van der Waals surface area contributed by atoms with E-state index < -0.39 is 0 Å². The van der Waals surface area contributed by atoms with Gasteiger partial charge in [0.1, 0.15) is 6.61 Å². The molecule has 0 amide bonds. The van der Waals surface area contributed by atoms with Crippen molar-refractivity contribution >= 4 is 11.6 Å². The van der Waals surface area contributed by atoms with Gasteiger partial charge in [-0.05, 0) is 31.4 Å². The van der Waals surface area contributed by atoms with Crippen molar-refractivity contribution in [1.29, 1.82) is 0 Å². The molecule has 0 aliphatic carbocycles. The van der Waals surface area contributed by atoms with Gasteiger partial charge in [-0.1, -0.05) is 25.1 Å². The minimum atomic E-state index is 0.0790. The van der Waals surface area contributed by atoms with E-state index in [0.29, 0.717) is 29.5 Å². The summed E-state index contributed by atoms with van der Waals surface area (Å²) in [5, 5.41) is 0.623. The monoisotopic (exact) mass is 283 g/mol. The number of methoxy groups -OCH3 is 1. The number of nitrogens with two attached hydrogens (primary N) is 1. The molecule has 0 aromatic heterocycles. The number of ether oxygens (including phenoxy) is 2. The van der Waals surface area contributed by atoms with E-state index in [9.17, 15) is 0 Å². The van der Waals surface area contributed by atoms with E-state index >= 15 is 0 Å². The summed E-state index contributed by atoms with van der Waals surface area (Å²) in [7, 11) is 1.60. The summed E-state index contributed by atoms with van der Waals surface area (Å²) in [6.45, 7) is 8.26. The third kappa shape index (κ3) is 4.77. The van der Waals surface area contributed by atoms with E-state index in [4.69, 9.17) is 26.8 Å². The van der Waals surface area contributed by atoms with Gasteiger partial charge in [0.25, 0.3) is 0 Å². The standard InChI is InChI=1S/C15H22ClNO2/c1-5-13(17)7-11-6-12(16)8-14(18-4)15(11)19-9-10(2)3/h6,8,13H,2,5,7,9,17H2,1,3-4H3. The van der Waals surface area contributed by atoms with Crippen molar-refractivity contribution in [2.45, 2.75) is 32.7 Å². The molecule has 1 aromatic rings. The fourth-order valence-electron chi connectivity index (χ4n) is 1.71. The molecule has 19 heavy (non-hydrogen) atoms. The lowest BCUT2D eigenvalue weighted by Gasteiger charge is -2.17. The third-order valence-electron chi connectivity index (χ3n) is 2.79. The maximum absolute atomic E-state index is 6.10. The van der Waals surface area contributed by atoms with Gasteiger partial charge in [-0.2, -0.15) is 0 Å². The first-order chi connectivity index (χ1) is 8.97. The zero-order chi connectivity index (χ0) is 14.4. The smallest absolute Gasteiger partial charge is 0.164 e. The predicted octanol–water partition coefficient (Wildman–Crippen LogP) is 3.58. The lowest BCUT2D eigenvalue weighted by atomic mass is 10.0. The average molecular weight is 284 g/mol. The first-order valence-electron chi connectivity index (χ1n) is 6.37. The summed E-state index contributed by atoms with van der Waals surface area (Å²) in [4.78, 5) is 0. The Hall–Kier alpha value is -1.19. The second-order valence-electron chi connectivity index (χ2n) is 4.71. The van der Waals surface area contributed by atoms with Crippen LogP contribution in [-0.4, -0.2) is 19.8 Å². The molecule has 4 heteroatoms. The highest BCUT2D eigenvalue weighted by Crippen LogP contribution is 2.35. The number of hydrogen-bond acceptors (Lipinski definition) is 3. The Morgan fingerprint density at radius 3 is 2.68 bits per heavy atom. The molecule has 0 aliphatic heterocycles. The number of halogens is 1. The van der Waals surface area contributed by atoms with Gasteiger partial charge in [0, 0.05) is 22.7 Å². The third-order valence-corrected chi connectivity index (χ3v) is 3.00. The van der Waals surface area contributed by atoms with Crippen LogP contribution in [0, 0.1) is 0 Å². The van der Waals surface area contributed by atoms with Gasteiger partial charge < -0.3 is 15.2 Å². The second kappa shape index (κ2) is 7.41. The fraction of sp³-hybridized carbons (Fsp3) is 0.467. The minimum Gasteiger partial charge on any atom is -0.493 e. The van der Waals surface area contributed by atoms with E-state index in [-0.39, 0.29) is 6.04 Å². The summed E-state index contributed by atoms with van der Waals surface area (Å²) < 4.78 is 11.1. The molecule has 2 N–H and O–H groups in total. The fourth-order valence-corrected chi connectivity index (χ4v) is 1.94. The zero-order valence-electron chi connectivity index (χ0n) is 11.8. The summed E-state index contributed by atoms with van der Waals surface area (Å²) in [6, 6.07) is 3.71. The van der Waals surface area contributed by atoms with Crippen LogP contribution in [0.15, 0.2) is 24.3 Å². The maximum atomic E-state index is 6.10. The quantitative estimate of drug-likeness (QED) is 0.778. The van der Waals surface area contributed by atoms with E-state index in [1.807, 2.05) is 13.0 Å². The first kappa shape index (κ1) is 15.9. The molecule has 106 valence electrons. The summed E-state index contributed by atoms with van der Waals surface area (Å²) >= 11 is 6.10. The Kier molecular flexibility index (Phi) is 6.19. The molecule has 0 bridgehead atoms. The number of hydrogen-bond donors (Lipinski definition) is 1. The SMILES string of the molecule is C=C(C)COc1c(CC(N)CC)cc(Cl)cc1OC. The number of rotatable bonds is 7. The van der Waals surface area contributed by atoms with Gasteiger partial charge in [0.15, 0.2) is 11.5 Å². The van der Waals surface area contributed by atoms with E-state index in [0.717, 1.165) is 17.6 Å². The predicted molar refractivity (Wildman–Crippen MR) is 80.3 cm³/mol. The molecule has 1 aromatic carbocycles. The lowest BCUT2D eigenvalue weighted by molar-refractivity contribution is 0.315. The molecule has 0 heterocycles. The Labute approximate surface area is 120 Å². The molecule has 1 atom stereocenters. The average Bonchev–Trinajstić information content (AvgIpc) is 2.36. The molecule has 0 saturated heterocycles. The van der Waals surface area contributed by atoms with Gasteiger partial charge in [-0.25, -0.2) is 0 Å². The van der Waals surface area contributed by atoms with Crippen molar-refractivity contribution in [2.75, 3.05) is 13.7 Å². The number of benzene rings is 1. The highest BCUT2D eigenvalue weighted by atomic mass is 35.5. The molecule has 0 saturated carbocycles. The maximum Gasteiger partial charge on any atom is 0.164 e. The first-order valence-corrected chi connectivity index (χ1v) is 6.74. The molecule has 1 rings (SSSR count). The van der Waals surface area contributed by atoms with Gasteiger partial charge in [-0.15, -0.1) is 0 Å². The van der Waals surface area contributed by atoms with Crippen LogP contribution >= 0.6 is 11.6 Å². The Bertz CT molecular complexity index is 446. The Morgan fingerprint density at radius 2 is 2.16 bits per heavy atom. The zero-order valence-corrected chi connectivity index (χ0v) is 12.6. The van der Waals surface area contributed by atoms with Crippen molar-refractivity contribution in [1.82, 2.24) is 0 Å².